The Kier molecular flexibility index (Phi) is 5.98. The number of ether oxygens (including phenoxy) is 1. The summed E-state index contributed by atoms with van der Waals surface area (Å²) in [4.78, 5) is 0.280. The van der Waals surface area contributed by atoms with Gasteiger partial charge in [0.15, 0.2) is 6.61 Å². The van der Waals surface area contributed by atoms with E-state index in [1.54, 1.807) is 28.6 Å². The summed E-state index contributed by atoms with van der Waals surface area (Å²) in [6, 6.07) is 14.0. The molecule has 1 saturated heterocycles. The van der Waals surface area contributed by atoms with Crippen molar-refractivity contribution >= 4 is 26.0 Å². The van der Waals surface area contributed by atoms with Gasteiger partial charge in [-0.1, -0.05) is 22.4 Å². The Bertz CT molecular complexity index is 1060. The Labute approximate surface area is 177 Å². The lowest BCUT2D eigenvalue weighted by Gasteiger charge is -2.25. The van der Waals surface area contributed by atoms with Crippen LogP contribution in [0.5, 0.6) is 5.75 Å². The van der Waals surface area contributed by atoms with Gasteiger partial charge in [0.05, 0.1) is 4.90 Å². The third kappa shape index (κ3) is 4.68. The largest absolute Gasteiger partial charge is 0.484 e. The minimum atomic E-state index is -3.44. The molecule has 0 atom stereocenters. The summed E-state index contributed by atoms with van der Waals surface area (Å²) in [6.07, 6.45) is 2.90. The number of nitrogens with zero attached hydrogens (tertiary/aromatic N) is 3. The molecule has 2 heterocycles. The second kappa shape index (κ2) is 8.64. The molecular weight excluding hydrogens is 458 g/mol. The molecule has 0 amide bonds. The summed E-state index contributed by atoms with van der Waals surface area (Å²) in [5.41, 5.74) is 0.819. The van der Waals surface area contributed by atoms with Crippen molar-refractivity contribution in [2.24, 2.45) is 0 Å². The number of rotatable bonds is 6. The molecule has 0 N–H and O–H groups in total. The number of piperidine rings is 1. The van der Waals surface area contributed by atoms with E-state index in [2.05, 4.69) is 26.1 Å². The van der Waals surface area contributed by atoms with E-state index in [-0.39, 0.29) is 11.5 Å². The fourth-order valence-corrected chi connectivity index (χ4v) is 4.91. The van der Waals surface area contributed by atoms with Crippen molar-refractivity contribution in [1.29, 1.82) is 0 Å². The molecule has 3 aromatic rings. The number of sulfonamides is 1. The molecule has 0 spiro atoms. The number of halogens is 1. The van der Waals surface area contributed by atoms with Crippen LogP contribution >= 0.6 is 15.9 Å². The van der Waals surface area contributed by atoms with Gasteiger partial charge in [0.2, 0.25) is 15.9 Å². The molecular formula is C20H20BrN3O4S. The van der Waals surface area contributed by atoms with Gasteiger partial charge < -0.3 is 9.15 Å². The van der Waals surface area contributed by atoms with E-state index >= 15 is 0 Å². The Morgan fingerprint density at radius 1 is 0.966 bits per heavy atom. The van der Waals surface area contributed by atoms with E-state index in [0.29, 0.717) is 30.6 Å². The van der Waals surface area contributed by atoms with Crippen molar-refractivity contribution in [3.63, 3.8) is 0 Å². The maximum atomic E-state index is 12.7. The molecule has 1 aromatic heterocycles. The predicted octanol–water partition coefficient (Wildman–Crippen LogP) is 4.25. The van der Waals surface area contributed by atoms with E-state index in [1.807, 2.05) is 24.3 Å². The lowest BCUT2D eigenvalue weighted by atomic mass is 10.2. The highest BCUT2D eigenvalue weighted by Crippen LogP contribution is 2.24. The monoisotopic (exact) mass is 477 g/mol. The quantitative estimate of drug-likeness (QED) is 0.527. The van der Waals surface area contributed by atoms with Crippen LogP contribution in [0.2, 0.25) is 0 Å². The van der Waals surface area contributed by atoms with Gasteiger partial charge in [0.1, 0.15) is 5.75 Å². The minimum absolute atomic E-state index is 0.0990. The van der Waals surface area contributed by atoms with Gasteiger partial charge in [-0.2, -0.15) is 4.31 Å². The predicted molar refractivity (Wildman–Crippen MR) is 111 cm³/mol. The first-order valence-electron chi connectivity index (χ1n) is 9.34. The molecule has 9 heteroatoms. The highest BCUT2D eigenvalue weighted by Gasteiger charge is 2.25. The fraction of sp³-hybridized carbons (Fsp3) is 0.300. The van der Waals surface area contributed by atoms with Gasteiger partial charge in [-0.05, 0) is 61.4 Å². The standard InChI is InChI=1S/C20H20BrN3O4S/c21-16-6-4-15(5-7-16)20-23-22-19(28-20)14-27-17-8-10-18(11-9-17)29(25,26)24-12-2-1-3-13-24/h4-11H,1-3,12-14H2. The Morgan fingerprint density at radius 3 is 2.34 bits per heavy atom. The highest BCUT2D eigenvalue weighted by atomic mass is 79.9. The summed E-state index contributed by atoms with van der Waals surface area (Å²) in [6.45, 7) is 1.26. The molecule has 152 valence electrons. The molecule has 1 aliphatic rings. The second-order valence-electron chi connectivity index (χ2n) is 6.73. The average Bonchev–Trinajstić information content (AvgIpc) is 3.23. The minimum Gasteiger partial charge on any atom is -0.484 e. The smallest absolute Gasteiger partial charge is 0.254 e. The highest BCUT2D eigenvalue weighted by molar-refractivity contribution is 9.10. The van der Waals surface area contributed by atoms with Crippen LogP contribution in [0.15, 0.2) is 62.3 Å². The SMILES string of the molecule is O=S(=O)(c1ccc(OCc2nnc(-c3ccc(Br)cc3)o2)cc1)N1CCCCC1. The van der Waals surface area contributed by atoms with Crippen molar-refractivity contribution < 1.29 is 17.6 Å². The average molecular weight is 478 g/mol. The zero-order valence-electron chi connectivity index (χ0n) is 15.6. The molecule has 4 rings (SSSR count). The molecule has 29 heavy (non-hydrogen) atoms. The third-order valence-electron chi connectivity index (χ3n) is 4.70. The fourth-order valence-electron chi connectivity index (χ4n) is 3.13. The molecule has 1 fully saturated rings. The maximum Gasteiger partial charge on any atom is 0.254 e. The molecule has 1 aliphatic heterocycles. The lowest BCUT2D eigenvalue weighted by Crippen LogP contribution is -2.35. The topological polar surface area (TPSA) is 85.5 Å². The number of benzene rings is 2. The van der Waals surface area contributed by atoms with E-state index < -0.39 is 10.0 Å². The summed E-state index contributed by atoms with van der Waals surface area (Å²) >= 11 is 3.39. The summed E-state index contributed by atoms with van der Waals surface area (Å²) < 4.78 is 39.2. The second-order valence-corrected chi connectivity index (χ2v) is 9.59. The number of aromatic nitrogens is 2. The van der Waals surface area contributed by atoms with Gasteiger partial charge in [-0.25, -0.2) is 8.42 Å². The van der Waals surface area contributed by atoms with Gasteiger partial charge in [-0.15, -0.1) is 10.2 Å². The molecule has 0 radical (unpaired) electrons. The van der Waals surface area contributed by atoms with E-state index in [1.165, 1.54) is 0 Å². The number of hydrogen-bond donors (Lipinski definition) is 0. The van der Waals surface area contributed by atoms with Crippen LogP contribution in [0.3, 0.4) is 0 Å². The van der Waals surface area contributed by atoms with Gasteiger partial charge in [0, 0.05) is 23.1 Å². The molecule has 7 nitrogen and oxygen atoms in total. The van der Waals surface area contributed by atoms with Crippen LogP contribution in [0, 0.1) is 0 Å². The van der Waals surface area contributed by atoms with Crippen LogP contribution in [-0.4, -0.2) is 36.0 Å². The first-order chi connectivity index (χ1) is 14.0. The van der Waals surface area contributed by atoms with Crippen molar-refractivity contribution in [1.82, 2.24) is 14.5 Å². The van der Waals surface area contributed by atoms with Gasteiger partial charge in [0.25, 0.3) is 5.89 Å². The van der Waals surface area contributed by atoms with E-state index in [4.69, 9.17) is 9.15 Å². The molecule has 2 aromatic carbocycles. The van der Waals surface area contributed by atoms with E-state index in [0.717, 1.165) is 29.3 Å². The van der Waals surface area contributed by atoms with Crippen LogP contribution in [0.1, 0.15) is 25.2 Å². The molecule has 0 unspecified atom stereocenters. The zero-order valence-corrected chi connectivity index (χ0v) is 18.0. The Hall–Kier alpha value is -2.23. The van der Waals surface area contributed by atoms with Crippen molar-refractivity contribution in [2.75, 3.05) is 13.1 Å². The van der Waals surface area contributed by atoms with Crippen molar-refractivity contribution in [3.8, 4) is 17.2 Å². The first kappa shape index (κ1) is 20.1. The normalized spacial score (nSPS) is 15.3. The van der Waals surface area contributed by atoms with E-state index in [9.17, 15) is 8.42 Å². The maximum absolute atomic E-state index is 12.7. The summed E-state index contributed by atoms with van der Waals surface area (Å²) in [5.74, 6) is 1.29. The van der Waals surface area contributed by atoms with Crippen molar-refractivity contribution in [2.45, 2.75) is 30.8 Å². The molecule has 0 saturated carbocycles. The van der Waals surface area contributed by atoms with Crippen LogP contribution < -0.4 is 4.74 Å². The molecule has 0 aliphatic carbocycles. The summed E-state index contributed by atoms with van der Waals surface area (Å²) in [7, 11) is -3.44. The zero-order chi connectivity index (χ0) is 20.3. The Balaban J connectivity index is 1.39. The van der Waals surface area contributed by atoms with Crippen LogP contribution in [-0.2, 0) is 16.6 Å². The molecule has 0 bridgehead atoms. The number of hydrogen-bond acceptors (Lipinski definition) is 6. The van der Waals surface area contributed by atoms with Gasteiger partial charge >= 0.3 is 0 Å². The Morgan fingerprint density at radius 2 is 1.66 bits per heavy atom. The van der Waals surface area contributed by atoms with Crippen LogP contribution in [0.25, 0.3) is 11.5 Å². The first-order valence-corrected chi connectivity index (χ1v) is 11.6. The van der Waals surface area contributed by atoms with Crippen LogP contribution in [0.4, 0.5) is 0 Å². The summed E-state index contributed by atoms with van der Waals surface area (Å²) in [5, 5.41) is 8.02. The lowest BCUT2D eigenvalue weighted by molar-refractivity contribution is 0.264. The van der Waals surface area contributed by atoms with Gasteiger partial charge in [-0.3, -0.25) is 0 Å². The third-order valence-corrected chi connectivity index (χ3v) is 7.14. The van der Waals surface area contributed by atoms with Crippen molar-refractivity contribution in [3.05, 3.63) is 58.9 Å².